The van der Waals surface area contributed by atoms with Crippen molar-refractivity contribution in [3.05, 3.63) is 138 Å². The first-order valence-electron chi connectivity index (χ1n) is 14.3. The number of ether oxygens (including phenoxy) is 1. The van der Waals surface area contributed by atoms with Crippen molar-refractivity contribution in [3.63, 3.8) is 0 Å². The molecule has 0 saturated carbocycles. The molecule has 3 amide bonds. The topological polar surface area (TPSA) is 174 Å². The van der Waals surface area contributed by atoms with E-state index in [9.17, 15) is 34.6 Å². The number of nitrogens with zero attached hydrogens (tertiary/aromatic N) is 4. The largest absolute Gasteiger partial charge is 0.496 e. The van der Waals surface area contributed by atoms with Crippen LogP contribution in [0, 0.1) is 32.1 Å². The van der Waals surface area contributed by atoms with Crippen LogP contribution in [0.5, 0.6) is 5.75 Å². The molecule has 3 aliphatic carbocycles. The second kappa shape index (κ2) is 10.8. The number of non-ortho nitro benzene ring substituents is 1. The Morgan fingerprint density at radius 1 is 0.936 bits per heavy atom. The van der Waals surface area contributed by atoms with Crippen LogP contribution in [0.4, 0.5) is 17.1 Å². The zero-order chi connectivity index (χ0) is 33.2. The van der Waals surface area contributed by atoms with Gasteiger partial charge in [-0.1, -0.05) is 60.1 Å². The molecule has 1 N–H and O–H groups in total. The van der Waals surface area contributed by atoms with Crippen LogP contribution in [0.1, 0.15) is 38.5 Å². The first-order chi connectivity index (χ1) is 22.6. The number of carbonyl (C=O) groups is 3. The second-order valence-corrected chi connectivity index (χ2v) is 11.7. The Morgan fingerprint density at radius 3 is 2.21 bits per heavy atom. The van der Waals surface area contributed by atoms with Crippen molar-refractivity contribution in [2.45, 2.75) is 11.3 Å². The maximum atomic E-state index is 14.5. The standard InChI is InChI=1S/C33H22ClN5O8/c1-47-26-13-11-18(38(43)44)15-21(26)30(40)36-35-16-33-22-8-4-2-6-19(22)27(20-7-3-5-9-23(20)33)28-29(33)32(42)37(31(28)41)24-12-10-17(34)14-25(24)39(45)46/h2-16,27-29H,1H3,(H,36,40)/b35-16-/t27?,28-,29-,33?/m1/s1. The van der Waals surface area contributed by atoms with E-state index in [0.29, 0.717) is 11.1 Å². The SMILES string of the molecule is COc1ccc([N+](=O)[O-])cc1C(=O)N/N=C\C12c3ccccc3C(c3ccccc31)[C@H]1C(=O)N(c3ccc(Cl)cc3[N+](=O)[O-])C(=O)[C@@H]12. The van der Waals surface area contributed by atoms with E-state index in [1.54, 1.807) is 12.1 Å². The Balaban J connectivity index is 1.39. The van der Waals surface area contributed by atoms with Crippen LogP contribution >= 0.6 is 11.6 Å². The van der Waals surface area contributed by atoms with Crippen molar-refractivity contribution >= 4 is 52.6 Å². The molecule has 0 aromatic heterocycles. The lowest BCUT2D eigenvalue weighted by atomic mass is 9.47. The van der Waals surface area contributed by atoms with Gasteiger partial charge in [-0.3, -0.25) is 34.6 Å². The number of anilines is 1. The molecule has 47 heavy (non-hydrogen) atoms. The Labute approximate surface area is 270 Å². The average Bonchev–Trinajstić information content (AvgIpc) is 3.34. The number of methoxy groups -OCH3 is 1. The average molecular weight is 652 g/mol. The fourth-order valence-corrected chi connectivity index (χ4v) is 7.53. The maximum Gasteiger partial charge on any atom is 0.294 e. The van der Waals surface area contributed by atoms with E-state index in [1.807, 2.05) is 36.4 Å². The van der Waals surface area contributed by atoms with Crippen LogP contribution in [0.2, 0.25) is 5.02 Å². The maximum absolute atomic E-state index is 14.5. The highest BCUT2D eigenvalue weighted by molar-refractivity contribution is 6.31. The van der Waals surface area contributed by atoms with Crippen molar-refractivity contribution in [1.29, 1.82) is 0 Å². The first-order valence-corrected chi connectivity index (χ1v) is 14.7. The molecule has 2 atom stereocenters. The molecule has 13 nitrogen and oxygen atoms in total. The summed E-state index contributed by atoms with van der Waals surface area (Å²) in [5.41, 5.74) is 2.77. The smallest absolute Gasteiger partial charge is 0.294 e. The summed E-state index contributed by atoms with van der Waals surface area (Å²) in [6.07, 6.45) is 1.41. The monoisotopic (exact) mass is 651 g/mol. The third kappa shape index (κ3) is 4.23. The summed E-state index contributed by atoms with van der Waals surface area (Å²) in [6, 6.07) is 21.9. The molecule has 1 heterocycles. The number of hydrogen-bond acceptors (Lipinski definition) is 9. The van der Waals surface area contributed by atoms with Gasteiger partial charge in [-0.05, 0) is 40.5 Å². The van der Waals surface area contributed by atoms with Crippen molar-refractivity contribution < 1.29 is 29.0 Å². The van der Waals surface area contributed by atoms with E-state index in [-0.39, 0.29) is 27.7 Å². The zero-order valence-electron chi connectivity index (χ0n) is 24.3. The van der Waals surface area contributed by atoms with Crippen molar-refractivity contribution in [3.8, 4) is 5.75 Å². The van der Waals surface area contributed by atoms with Gasteiger partial charge in [0.05, 0.1) is 39.8 Å². The van der Waals surface area contributed by atoms with Gasteiger partial charge in [0.1, 0.15) is 11.4 Å². The number of nitro benzene ring substituents is 2. The van der Waals surface area contributed by atoms with Crippen LogP contribution in [0.15, 0.2) is 90.0 Å². The molecule has 0 radical (unpaired) electrons. The van der Waals surface area contributed by atoms with Gasteiger partial charge in [0, 0.05) is 35.4 Å². The highest BCUT2D eigenvalue weighted by Crippen LogP contribution is 2.64. The molecule has 0 spiro atoms. The summed E-state index contributed by atoms with van der Waals surface area (Å²) in [6.45, 7) is 0. The molecule has 1 saturated heterocycles. The minimum atomic E-state index is -1.39. The number of amides is 3. The molecule has 4 aromatic carbocycles. The van der Waals surface area contributed by atoms with Crippen molar-refractivity contribution in [1.82, 2.24) is 5.43 Å². The quantitative estimate of drug-likeness (QED) is 0.124. The van der Waals surface area contributed by atoms with Crippen LogP contribution in [-0.2, 0) is 15.0 Å². The highest BCUT2D eigenvalue weighted by Gasteiger charge is 2.68. The lowest BCUT2D eigenvalue weighted by Crippen LogP contribution is -2.54. The summed E-state index contributed by atoms with van der Waals surface area (Å²) in [7, 11) is 1.31. The van der Waals surface area contributed by atoms with Gasteiger partial charge < -0.3 is 4.74 Å². The second-order valence-electron chi connectivity index (χ2n) is 11.3. The number of nitrogens with one attached hydrogen (secondary N) is 1. The van der Waals surface area contributed by atoms with Gasteiger partial charge in [-0.25, -0.2) is 10.3 Å². The van der Waals surface area contributed by atoms with E-state index in [0.717, 1.165) is 28.2 Å². The number of halogens is 1. The minimum absolute atomic E-state index is 0.0663. The molecule has 1 aliphatic heterocycles. The van der Waals surface area contributed by atoms with Crippen LogP contribution in [0.25, 0.3) is 0 Å². The molecule has 4 aromatic rings. The molecule has 4 aliphatic rings. The number of imide groups is 1. The van der Waals surface area contributed by atoms with Gasteiger partial charge in [0.15, 0.2) is 0 Å². The number of hydrazone groups is 1. The van der Waals surface area contributed by atoms with E-state index in [1.165, 1.54) is 37.6 Å². The summed E-state index contributed by atoms with van der Waals surface area (Å²) in [5, 5.41) is 27.8. The van der Waals surface area contributed by atoms with Crippen LogP contribution < -0.4 is 15.1 Å². The summed E-state index contributed by atoms with van der Waals surface area (Å²) in [4.78, 5) is 65.1. The lowest BCUT2D eigenvalue weighted by Gasteiger charge is -2.52. The van der Waals surface area contributed by atoms with Crippen molar-refractivity contribution in [2.75, 3.05) is 12.0 Å². The number of nitro groups is 2. The number of carbonyl (C=O) groups excluding carboxylic acids is 3. The molecule has 0 unspecified atom stereocenters. The molecular formula is C33H22ClN5O8. The van der Waals surface area contributed by atoms with Crippen molar-refractivity contribution in [2.24, 2.45) is 16.9 Å². The third-order valence-electron chi connectivity index (χ3n) is 9.13. The Hall–Kier alpha value is -5.95. The number of hydrogen-bond donors (Lipinski definition) is 1. The Kier molecular flexibility index (Phi) is 6.86. The summed E-state index contributed by atoms with van der Waals surface area (Å²) < 4.78 is 5.23. The number of benzene rings is 4. The predicted molar refractivity (Wildman–Crippen MR) is 169 cm³/mol. The highest BCUT2D eigenvalue weighted by atomic mass is 35.5. The Morgan fingerprint density at radius 2 is 1.60 bits per heavy atom. The summed E-state index contributed by atoms with van der Waals surface area (Å²) >= 11 is 6.05. The van der Waals surface area contributed by atoms with E-state index in [4.69, 9.17) is 16.3 Å². The van der Waals surface area contributed by atoms with E-state index in [2.05, 4.69) is 10.5 Å². The first kappa shape index (κ1) is 29.7. The van der Waals surface area contributed by atoms with Gasteiger partial charge in [-0.15, -0.1) is 0 Å². The molecule has 234 valence electrons. The molecule has 1 fully saturated rings. The predicted octanol–water partition coefficient (Wildman–Crippen LogP) is 5.13. The van der Waals surface area contributed by atoms with Gasteiger partial charge in [0.2, 0.25) is 11.8 Å². The van der Waals surface area contributed by atoms with Crippen LogP contribution in [-0.4, -0.2) is 40.9 Å². The van der Waals surface area contributed by atoms with Gasteiger partial charge in [0.25, 0.3) is 17.3 Å². The molecule has 14 heteroatoms. The minimum Gasteiger partial charge on any atom is -0.496 e. The van der Waals surface area contributed by atoms with Gasteiger partial charge in [-0.2, -0.15) is 5.10 Å². The van der Waals surface area contributed by atoms with Gasteiger partial charge >= 0.3 is 0 Å². The normalized spacial score (nSPS) is 22.1. The molecule has 8 rings (SSSR count). The Bertz CT molecular complexity index is 2050. The fourth-order valence-electron chi connectivity index (χ4n) is 7.36. The zero-order valence-corrected chi connectivity index (χ0v) is 25.1. The number of rotatable bonds is 7. The third-order valence-corrected chi connectivity index (χ3v) is 9.37. The lowest BCUT2D eigenvalue weighted by molar-refractivity contribution is -0.384. The molecule has 2 bridgehead atoms. The molecular weight excluding hydrogens is 630 g/mol. The van der Waals surface area contributed by atoms with Crippen LogP contribution in [0.3, 0.4) is 0 Å². The summed E-state index contributed by atoms with van der Waals surface area (Å²) in [5.74, 6) is -4.60. The van der Waals surface area contributed by atoms with E-state index < -0.39 is 56.4 Å². The van der Waals surface area contributed by atoms with E-state index >= 15 is 0 Å². The fraction of sp³-hybridized carbons (Fsp3) is 0.152.